The Hall–Kier alpha value is -2.51. The minimum Gasteiger partial charge on any atom is -0.462 e. The van der Waals surface area contributed by atoms with E-state index in [2.05, 4.69) is 26.2 Å². The molecule has 0 unspecified atom stereocenters. The Kier molecular flexibility index (Phi) is 5.80. The highest BCUT2D eigenvalue weighted by Crippen LogP contribution is 2.36. The number of anilines is 1. The second kappa shape index (κ2) is 8.25. The van der Waals surface area contributed by atoms with E-state index in [1.165, 1.54) is 17.5 Å². The molecule has 0 fully saturated rings. The van der Waals surface area contributed by atoms with Crippen LogP contribution in [-0.4, -0.2) is 23.5 Å². The van der Waals surface area contributed by atoms with E-state index < -0.39 is 5.97 Å². The number of hydrogen-bond acceptors (Lipinski definition) is 5. The van der Waals surface area contributed by atoms with Crippen molar-refractivity contribution in [2.24, 2.45) is 0 Å². The summed E-state index contributed by atoms with van der Waals surface area (Å²) in [6.07, 6.45) is 3.06. The smallest absolute Gasteiger partial charge is 0.341 e. The van der Waals surface area contributed by atoms with E-state index in [9.17, 15) is 9.59 Å². The predicted octanol–water partition coefficient (Wildman–Crippen LogP) is 5.00. The number of ether oxygens (including phenoxy) is 1. The van der Waals surface area contributed by atoms with E-state index >= 15 is 0 Å². The Morgan fingerprint density at radius 3 is 2.69 bits per heavy atom. The molecular weight excluding hydrogens is 416 g/mol. The number of nitrogens with one attached hydrogen (secondary N) is 1. The molecular formula is C19H15BrN2O3S. The molecule has 7 heteroatoms. The molecule has 132 valence electrons. The van der Waals surface area contributed by atoms with Gasteiger partial charge in [-0.2, -0.15) is 0 Å². The first-order valence-corrected chi connectivity index (χ1v) is 9.53. The highest BCUT2D eigenvalue weighted by atomic mass is 79.9. The molecule has 1 amide bonds. The first-order chi connectivity index (χ1) is 12.6. The SMILES string of the molecule is CCOC(=O)c1c(-c2ccccc2)csc1NC(=O)c1cncc(Br)c1. The van der Waals surface area contributed by atoms with E-state index in [-0.39, 0.29) is 12.5 Å². The largest absolute Gasteiger partial charge is 0.462 e. The molecule has 0 aliphatic rings. The van der Waals surface area contributed by atoms with Gasteiger partial charge in [-0.3, -0.25) is 9.78 Å². The zero-order valence-electron chi connectivity index (χ0n) is 13.9. The molecule has 2 aromatic heterocycles. The quantitative estimate of drug-likeness (QED) is 0.578. The van der Waals surface area contributed by atoms with Gasteiger partial charge in [-0.1, -0.05) is 30.3 Å². The summed E-state index contributed by atoms with van der Waals surface area (Å²) in [5.74, 6) is -0.805. The molecule has 3 aromatic rings. The third-order valence-corrected chi connectivity index (χ3v) is 4.88. The lowest BCUT2D eigenvalue weighted by Gasteiger charge is -2.09. The molecule has 1 aromatic carbocycles. The number of halogens is 1. The third kappa shape index (κ3) is 4.00. The molecule has 0 radical (unpaired) electrons. The van der Waals surface area contributed by atoms with Crippen LogP contribution in [0.1, 0.15) is 27.6 Å². The van der Waals surface area contributed by atoms with Gasteiger partial charge in [-0.05, 0) is 34.5 Å². The van der Waals surface area contributed by atoms with Crippen LogP contribution in [0.4, 0.5) is 5.00 Å². The number of benzene rings is 1. The summed E-state index contributed by atoms with van der Waals surface area (Å²) in [6, 6.07) is 11.2. The minimum atomic E-state index is -0.463. The molecule has 0 bridgehead atoms. The van der Waals surface area contributed by atoms with Gasteiger partial charge in [-0.25, -0.2) is 4.79 Å². The summed E-state index contributed by atoms with van der Waals surface area (Å²) in [7, 11) is 0. The van der Waals surface area contributed by atoms with Crippen LogP contribution in [0.2, 0.25) is 0 Å². The second-order valence-electron chi connectivity index (χ2n) is 5.29. The number of amides is 1. The first-order valence-electron chi connectivity index (χ1n) is 7.86. The van der Waals surface area contributed by atoms with Gasteiger partial charge >= 0.3 is 5.97 Å². The Labute approximate surface area is 163 Å². The van der Waals surface area contributed by atoms with Crippen molar-refractivity contribution < 1.29 is 14.3 Å². The van der Waals surface area contributed by atoms with Crippen molar-refractivity contribution in [3.63, 3.8) is 0 Å². The lowest BCUT2D eigenvalue weighted by Crippen LogP contribution is -2.15. The Morgan fingerprint density at radius 1 is 1.23 bits per heavy atom. The van der Waals surface area contributed by atoms with E-state index in [0.29, 0.717) is 20.6 Å². The highest BCUT2D eigenvalue weighted by molar-refractivity contribution is 9.10. The summed E-state index contributed by atoms with van der Waals surface area (Å²) in [4.78, 5) is 29.0. The van der Waals surface area contributed by atoms with Crippen molar-refractivity contribution in [2.75, 3.05) is 11.9 Å². The van der Waals surface area contributed by atoms with Gasteiger partial charge in [0, 0.05) is 27.8 Å². The molecule has 0 atom stereocenters. The number of esters is 1. The van der Waals surface area contributed by atoms with Crippen LogP contribution in [0, 0.1) is 0 Å². The zero-order valence-corrected chi connectivity index (χ0v) is 16.3. The summed E-state index contributed by atoms with van der Waals surface area (Å²) in [6.45, 7) is 2.00. The van der Waals surface area contributed by atoms with Gasteiger partial charge in [0.15, 0.2) is 0 Å². The molecule has 3 rings (SSSR count). The third-order valence-electron chi connectivity index (χ3n) is 3.55. The number of pyridine rings is 1. The molecule has 0 spiro atoms. The molecule has 0 aliphatic carbocycles. The van der Waals surface area contributed by atoms with Crippen molar-refractivity contribution in [3.05, 3.63) is 69.8 Å². The van der Waals surface area contributed by atoms with Crippen LogP contribution in [0.3, 0.4) is 0 Å². The fourth-order valence-corrected chi connectivity index (χ4v) is 3.71. The van der Waals surface area contributed by atoms with E-state index in [1.807, 2.05) is 35.7 Å². The molecule has 0 saturated heterocycles. The number of aromatic nitrogens is 1. The first kappa shape index (κ1) is 18.3. The summed E-state index contributed by atoms with van der Waals surface area (Å²) in [5, 5.41) is 5.10. The van der Waals surface area contributed by atoms with Gasteiger partial charge in [0.1, 0.15) is 10.6 Å². The van der Waals surface area contributed by atoms with Crippen molar-refractivity contribution >= 4 is 44.1 Å². The van der Waals surface area contributed by atoms with Crippen molar-refractivity contribution in [3.8, 4) is 11.1 Å². The lowest BCUT2D eigenvalue weighted by molar-refractivity contribution is 0.0529. The molecule has 26 heavy (non-hydrogen) atoms. The number of thiophene rings is 1. The number of carbonyl (C=O) groups excluding carboxylic acids is 2. The van der Waals surface area contributed by atoms with Crippen molar-refractivity contribution in [1.29, 1.82) is 0 Å². The molecule has 0 saturated carbocycles. The van der Waals surface area contributed by atoms with Gasteiger partial charge in [0.25, 0.3) is 5.91 Å². The van der Waals surface area contributed by atoms with E-state index in [0.717, 1.165) is 11.1 Å². The van der Waals surface area contributed by atoms with Crippen LogP contribution in [0.25, 0.3) is 11.1 Å². The number of carbonyl (C=O) groups is 2. The van der Waals surface area contributed by atoms with Gasteiger partial charge in [0.05, 0.1) is 12.2 Å². The minimum absolute atomic E-state index is 0.256. The molecule has 5 nitrogen and oxygen atoms in total. The van der Waals surface area contributed by atoms with Gasteiger partial charge in [0.2, 0.25) is 0 Å². The summed E-state index contributed by atoms with van der Waals surface area (Å²) in [5.41, 5.74) is 2.37. The zero-order chi connectivity index (χ0) is 18.5. The molecule has 2 heterocycles. The maximum atomic E-state index is 12.5. The normalized spacial score (nSPS) is 10.4. The number of rotatable bonds is 5. The summed E-state index contributed by atoms with van der Waals surface area (Å²) < 4.78 is 5.89. The fraction of sp³-hybridized carbons (Fsp3) is 0.105. The van der Waals surface area contributed by atoms with Crippen LogP contribution in [0.5, 0.6) is 0 Å². The second-order valence-corrected chi connectivity index (χ2v) is 7.08. The maximum absolute atomic E-state index is 12.5. The average molecular weight is 431 g/mol. The van der Waals surface area contributed by atoms with Crippen LogP contribution in [-0.2, 0) is 4.74 Å². The standard InChI is InChI=1S/C19H15BrN2O3S/c1-2-25-19(24)16-15(12-6-4-3-5-7-12)11-26-18(16)22-17(23)13-8-14(20)10-21-9-13/h3-11H,2H2,1H3,(H,22,23). The number of hydrogen-bond donors (Lipinski definition) is 1. The van der Waals surface area contributed by atoms with E-state index in [4.69, 9.17) is 4.74 Å². The average Bonchev–Trinajstić information content (AvgIpc) is 3.06. The van der Waals surface area contributed by atoms with Crippen LogP contribution >= 0.6 is 27.3 Å². The van der Waals surface area contributed by atoms with Crippen molar-refractivity contribution in [1.82, 2.24) is 4.98 Å². The van der Waals surface area contributed by atoms with Crippen molar-refractivity contribution in [2.45, 2.75) is 6.92 Å². The van der Waals surface area contributed by atoms with E-state index in [1.54, 1.807) is 19.2 Å². The van der Waals surface area contributed by atoms with Gasteiger partial charge in [-0.15, -0.1) is 11.3 Å². The number of nitrogens with zero attached hydrogens (tertiary/aromatic N) is 1. The maximum Gasteiger partial charge on any atom is 0.341 e. The fourth-order valence-electron chi connectivity index (χ4n) is 2.40. The van der Waals surface area contributed by atoms with Gasteiger partial charge < -0.3 is 10.1 Å². The highest BCUT2D eigenvalue weighted by Gasteiger charge is 2.23. The van der Waals surface area contributed by atoms with Crippen LogP contribution in [0.15, 0.2) is 58.6 Å². The Morgan fingerprint density at radius 2 is 2.00 bits per heavy atom. The molecule has 0 aliphatic heterocycles. The Balaban J connectivity index is 1.98. The summed E-state index contributed by atoms with van der Waals surface area (Å²) >= 11 is 4.58. The predicted molar refractivity (Wildman–Crippen MR) is 106 cm³/mol. The van der Waals surface area contributed by atoms with Crippen LogP contribution < -0.4 is 5.32 Å². The molecule has 1 N–H and O–H groups in total. The topological polar surface area (TPSA) is 68.3 Å². The lowest BCUT2D eigenvalue weighted by atomic mass is 10.0. The monoisotopic (exact) mass is 430 g/mol. The Bertz CT molecular complexity index is 941.